The lowest BCUT2D eigenvalue weighted by Crippen LogP contribution is -2.32. The highest BCUT2D eigenvalue weighted by atomic mass is 35.5. The fourth-order valence-electron chi connectivity index (χ4n) is 3.37. The molecule has 142 valence electrons. The second-order valence-corrected chi connectivity index (χ2v) is 10.7. The van der Waals surface area contributed by atoms with Crippen LogP contribution in [0.3, 0.4) is 0 Å². The SMILES string of the molecule is CSc1ccc(CN2CCC(c3nc(-c4ccc(Cl)c(Cl)c4)cs3)CC2)s1. The van der Waals surface area contributed by atoms with Crippen LogP contribution in [0, 0.1) is 0 Å². The van der Waals surface area contributed by atoms with Crippen molar-refractivity contribution in [2.75, 3.05) is 19.3 Å². The Morgan fingerprint density at radius 3 is 2.67 bits per heavy atom. The Balaban J connectivity index is 1.37. The molecule has 1 aliphatic heterocycles. The predicted octanol–water partition coefficient (Wildman–Crippen LogP) is 7.28. The van der Waals surface area contributed by atoms with E-state index in [2.05, 4.69) is 28.7 Å². The maximum absolute atomic E-state index is 6.15. The second-order valence-electron chi connectivity index (χ2n) is 6.68. The van der Waals surface area contributed by atoms with Crippen LogP contribution in [0.4, 0.5) is 0 Å². The van der Waals surface area contributed by atoms with E-state index in [1.807, 2.05) is 41.3 Å². The zero-order valence-electron chi connectivity index (χ0n) is 15.0. The maximum Gasteiger partial charge on any atom is 0.0964 e. The number of likely N-dealkylation sites (tertiary alicyclic amines) is 1. The molecule has 0 N–H and O–H groups in total. The number of halogens is 2. The zero-order chi connectivity index (χ0) is 18.8. The molecule has 0 aliphatic carbocycles. The highest BCUT2D eigenvalue weighted by molar-refractivity contribution is 8.00. The molecule has 0 radical (unpaired) electrons. The minimum Gasteiger partial charge on any atom is -0.298 e. The van der Waals surface area contributed by atoms with Crippen molar-refractivity contribution in [2.45, 2.75) is 29.5 Å². The molecule has 1 fully saturated rings. The van der Waals surface area contributed by atoms with E-state index >= 15 is 0 Å². The third-order valence-corrected chi connectivity index (χ3v) is 8.79. The van der Waals surface area contributed by atoms with Gasteiger partial charge in [-0.15, -0.1) is 34.4 Å². The molecule has 0 saturated carbocycles. The first kappa shape index (κ1) is 19.7. The Kier molecular flexibility index (Phi) is 6.47. The van der Waals surface area contributed by atoms with E-state index in [0.717, 1.165) is 30.9 Å². The summed E-state index contributed by atoms with van der Waals surface area (Å²) in [5.74, 6) is 0.563. The van der Waals surface area contributed by atoms with E-state index in [9.17, 15) is 0 Å². The number of piperidine rings is 1. The largest absolute Gasteiger partial charge is 0.298 e. The zero-order valence-corrected chi connectivity index (χ0v) is 18.9. The average Bonchev–Trinajstić information content (AvgIpc) is 3.34. The summed E-state index contributed by atoms with van der Waals surface area (Å²) in [5, 5.41) is 4.54. The summed E-state index contributed by atoms with van der Waals surface area (Å²) >= 11 is 17.7. The number of thioether (sulfide) groups is 1. The van der Waals surface area contributed by atoms with Gasteiger partial charge in [0.2, 0.25) is 0 Å². The number of hydrogen-bond donors (Lipinski definition) is 0. The lowest BCUT2D eigenvalue weighted by molar-refractivity contribution is 0.206. The summed E-state index contributed by atoms with van der Waals surface area (Å²) in [5.41, 5.74) is 2.03. The molecule has 3 aromatic rings. The Morgan fingerprint density at radius 2 is 1.96 bits per heavy atom. The van der Waals surface area contributed by atoms with Gasteiger partial charge in [-0.25, -0.2) is 4.98 Å². The van der Waals surface area contributed by atoms with Crippen LogP contribution in [0.2, 0.25) is 10.0 Å². The van der Waals surface area contributed by atoms with Gasteiger partial charge < -0.3 is 0 Å². The molecule has 4 rings (SSSR count). The number of thiazole rings is 1. The summed E-state index contributed by atoms with van der Waals surface area (Å²) in [6.07, 6.45) is 4.49. The van der Waals surface area contributed by atoms with Gasteiger partial charge in [-0.1, -0.05) is 29.3 Å². The molecule has 0 amide bonds. The molecule has 0 atom stereocenters. The van der Waals surface area contributed by atoms with Crippen LogP contribution in [-0.4, -0.2) is 29.2 Å². The molecule has 0 unspecified atom stereocenters. The molecule has 1 saturated heterocycles. The van der Waals surface area contributed by atoms with E-state index in [1.165, 1.54) is 26.9 Å². The molecule has 2 nitrogen and oxygen atoms in total. The number of benzene rings is 1. The van der Waals surface area contributed by atoms with Crippen LogP contribution in [0.1, 0.15) is 28.6 Å². The molecule has 3 heterocycles. The number of hydrogen-bond acceptors (Lipinski definition) is 5. The molecular weight excluding hydrogens is 435 g/mol. The number of nitrogens with zero attached hydrogens (tertiary/aromatic N) is 2. The summed E-state index contributed by atoms with van der Waals surface area (Å²) in [6.45, 7) is 3.35. The lowest BCUT2D eigenvalue weighted by Gasteiger charge is -2.30. The second kappa shape index (κ2) is 8.85. The van der Waals surface area contributed by atoms with E-state index in [4.69, 9.17) is 28.2 Å². The first-order valence-corrected chi connectivity index (χ1v) is 12.6. The quantitative estimate of drug-likeness (QED) is 0.376. The van der Waals surface area contributed by atoms with Gasteiger partial charge in [0.05, 0.1) is 25.0 Å². The average molecular weight is 456 g/mol. The van der Waals surface area contributed by atoms with Crippen molar-refractivity contribution in [1.82, 2.24) is 9.88 Å². The van der Waals surface area contributed by atoms with E-state index < -0.39 is 0 Å². The first-order valence-electron chi connectivity index (χ1n) is 8.88. The van der Waals surface area contributed by atoms with Crippen molar-refractivity contribution >= 4 is 57.6 Å². The minimum atomic E-state index is 0.563. The highest BCUT2D eigenvalue weighted by Crippen LogP contribution is 2.35. The van der Waals surface area contributed by atoms with Crippen LogP contribution in [0.5, 0.6) is 0 Å². The van der Waals surface area contributed by atoms with Crippen molar-refractivity contribution < 1.29 is 0 Å². The Bertz CT molecular complexity index is 914. The molecular formula is C20H20Cl2N2S3. The topological polar surface area (TPSA) is 16.1 Å². The summed E-state index contributed by atoms with van der Waals surface area (Å²) < 4.78 is 1.40. The highest BCUT2D eigenvalue weighted by Gasteiger charge is 2.23. The van der Waals surface area contributed by atoms with Crippen LogP contribution >= 0.6 is 57.6 Å². The van der Waals surface area contributed by atoms with Gasteiger partial charge >= 0.3 is 0 Å². The number of rotatable bonds is 5. The van der Waals surface area contributed by atoms with E-state index in [-0.39, 0.29) is 0 Å². The van der Waals surface area contributed by atoms with Crippen molar-refractivity contribution in [1.29, 1.82) is 0 Å². The van der Waals surface area contributed by atoms with Gasteiger partial charge in [-0.2, -0.15) is 0 Å². The third kappa shape index (κ3) is 4.72. The van der Waals surface area contributed by atoms with E-state index in [0.29, 0.717) is 16.0 Å². The molecule has 7 heteroatoms. The molecule has 0 bridgehead atoms. The molecule has 1 aromatic carbocycles. The van der Waals surface area contributed by atoms with Crippen molar-refractivity contribution in [3.05, 3.63) is 55.6 Å². The van der Waals surface area contributed by atoms with Gasteiger partial charge in [-0.3, -0.25) is 4.90 Å². The van der Waals surface area contributed by atoms with Gasteiger partial charge in [0, 0.05) is 28.3 Å². The molecule has 2 aromatic heterocycles. The third-order valence-electron chi connectivity index (χ3n) is 4.89. The van der Waals surface area contributed by atoms with Crippen molar-refractivity contribution in [3.8, 4) is 11.3 Å². The minimum absolute atomic E-state index is 0.563. The predicted molar refractivity (Wildman–Crippen MR) is 121 cm³/mol. The van der Waals surface area contributed by atoms with Crippen LogP contribution in [-0.2, 0) is 6.54 Å². The monoisotopic (exact) mass is 454 g/mol. The standard InChI is InChI=1S/C20H20Cl2N2S3/c1-25-19-5-3-15(27-19)11-24-8-6-13(7-9-24)20-23-18(12-26-20)14-2-4-16(21)17(22)10-14/h2-5,10,12-13H,6-9,11H2,1H3. The van der Waals surface area contributed by atoms with Crippen LogP contribution in [0.15, 0.2) is 39.9 Å². The Hall–Kier alpha value is -0.560. The van der Waals surface area contributed by atoms with Gasteiger partial charge in [0.15, 0.2) is 0 Å². The van der Waals surface area contributed by atoms with Crippen LogP contribution < -0.4 is 0 Å². The smallest absolute Gasteiger partial charge is 0.0964 e. The molecule has 1 aliphatic rings. The molecule has 0 spiro atoms. The summed E-state index contributed by atoms with van der Waals surface area (Å²) in [4.78, 5) is 8.93. The van der Waals surface area contributed by atoms with Gasteiger partial charge in [0.25, 0.3) is 0 Å². The summed E-state index contributed by atoms with van der Waals surface area (Å²) in [6, 6.07) is 10.2. The molecule has 27 heavy (non-hydrogen) atoms. The van der Waals surface area contributed by atoms with Crippen molar-refractivity contribution in [2.24, 2.45) is 0 Å². The van der Waals surface area contributed by atoms with Crippen LogP contribution in [0.25, 0.3) is 11.3 Å². The maximum atomic E-state index is 6.15. The summed E-state index contributed by atoms with van der Waals surface area (Å²) in [7, 11) is 0. The normalized spacial score (nSPS) is 16.1. The Morgan fingerprint density at radius 1 is 1.15 bits per heavy atom. The fraction of sp³-hybridized carbons (Fsp3) is 0.350. The van der Waals surface area contributed by atoms with E-state index in [1.54, 1.807) is 11.3 Å². The van der Waals surface area contributed by atoms with Gasteiger partial charge in [-0.05, 0) is 56.5 Å². The van der Waals surface area contributed by atoms with Gasteiger partial charge in [0.1, 0.15) is 0 Å². The fourth-order valence-corrected chi connectivity index (χ4v) is 6.31. The number of aromatic nitrogens is 1. The first-order chi connectivity index (χ1) is 13.1. The van der Waals surface area contributed by atoms with Crippen molar-refractivity contribution in [3.63, 3.8) is 0 Å². The number of thiophene rings is 1. The Labute approximate surface area is 182 Å². The lowest BCUT2D eigenvalue weighted by atomic mass is 9.97.